The van der Waals surface area contributed by atoms with Crippen LogP contribution in [0.15, 0.2) is 64.2 Å². The molecule has 0 saturated heterocycles. The molecule has 0 saturated carbocycles. The van der Waals surface area contributed by atoms with E-state index < -0.39 is 0 Å². The summed E-state index contributed by atoms with van der Waals surface area (Å²) in [4.78, 5) is 4.43. The second kappa shape index (κ2) is 8.01. The van der Waals surface area contributed by atoms with E-state index in [0.29, 0.717) is 28.5 Å². The minimum atomic E-state index is 0.512. The van der Waals surface area contributed by atoms with Gasteiger partial charge in [0.25, 0.3) is 0 Å². The van der Waals surface area contributed by atoms with Crippen LogP contribution in [0.4, 0.5) is 0 Å². The second-order valence-corrected chi connectivity index (χ2v) is 6.85. The van der Waals surface area contributed by atoms with E-state index in [1.54, 1.807) is 0 Å². The highest BCUT2D eigenvalue weighted by Gasteiger charge is 2.10. The normalized spacial score (nSPS) is 11.3. The predicted molar refractivity (Wildman–Crippen MR) is 106 cm³/mol. The highest BCUT2D eigenvalue weighted by molar-refractivity contribution is 7.98. The SMILES string of the molecule is Cc1ccc(-c2nnc(CSc3n[nH]c(/C=C/c4ccccc4)n3)o2)cc1. The molecule has 4 aromatic rings. The molecule has 0 fully saturated rings. The van der Waals surface area contributed by atoms with Crippen molar-refractivity contribution in [2.45, 2.75) is 17.8 Å². The lowest BCUT2D eigenvalue weighted by Gasteiger charge is -1.95. The summed E-state index contributed by atoms with van der Waals surface area (Å²) in [6.07, 6.45) is 3.88. The summed E-state index contributed by atoms with van der Waals surface area (Å²) >= 11 is 1.44. The minimum Gasteiger partial charge on any atom is -0.420 e. The molecule has 2 heterocycles. The van der Waals surface area contributed by atoms with Gasteiger partial charge < -0.3 is 4.42 Å². The van der Waals surface area contributed by atoms with Crippen LogP contribution in [-0.2, 0) is 5.75 Å². The van der Waals surface area contributed by atoms with Gasteiger partial charge in [-0.1, -0.05) is 65.9 Å². The van der Waals surface area contributed by atoms with Gasteiger partial charge in [-0.2, -0.15) is 0 Å². The summed E-state index contributed by atoms with van der Waals surface area (Å²) < 4.78 is 5.72. The molecular formula is C20H17N5OS. The minimum absolute atomic E-state index is 0.512. The summed E-state index contributed by atoms with van der Waals surface area (Å²) in [7, 11) is 0. The lowest BCUT2D eigenvalue weighted by Crippen LogP contribution is -1.82. The molecule has 4 rings (SSSR count). The van der Waals surface area contributed by atoms with Crippen LogP contribution in [0.3, 0.4) is 0 Å². The Bertz CT molecular complexity index is 1040. The number of hydrogen-bond donors (Lipinski definition) is 1. The summed E-state index contributed by atoms with van der Waals surface area (Å²) in [5, 5.41) is 16.0. The number of thioether (sulfide) groups is 1. The van der Waals surface area contributed by atoms with Gasteiger partial charge in [-0.3, -0.25) is 5.10 Å². The highest BCUT2D eigenvalue weighted by atomic mass is 32.2. The average molecular weight is 375 g/mol. The number of aromatic amines is 1. The summed E-state index contributed by atoms with van der Waals surface area (Å²) in [6.45, 7) is 2.04. The molecule has 0 aliphatic carbocycles. The van der Waals surface area contributed by atoms with E-state index in [1.807, 2.05) is 73.7 Å². The first-order chi connectivity index (χ1) is 13.3. The maximum atomic E-state index is 5.72. The Kier molecular flexibility index (Phi) is 5.11. The molecule has 0 aliphatic rings. The van der Waals surface area contributed by atoms with Crippen LogP contribution in [-0.4, -0.2) is 25.4 Å². The predicted octanol–water partition coefficient (Wildman–Crippen LogP) is 4.63. The standard InChI is InChI=1S/C20H17N5OS/c1-14-7-10-16(11-8-14)19-24-23-18(26-19)13-27-20-21-17(22-25-20)12-9-15-5-3-2-4-6-15/h2-12H,13H2,1H3,(H,21,22,25)/b12-9+. The first-order valence-corrected chi connectivity index (χ1v) is 9.42. The van der Waals surface area contributed by atoms with Crippen molar-refractivity contribution >= 4 is 23.9 Å². The first kappa shape index (κ1) is 17.2. The van der Waals surface area contributed by atoms with Gasteiger partial charge in [0.2, 0.25) is 16.9 Å². The molecule has 27 heavy (non-hydrogen) atoms. The Labute approximate surface area is 160 Å². The van der Waals surface area contributed by atoms with Crippen LogP contribution in [0, 0.1) is 6.92 Å². The van der Waals surface area contributed by atoms with Gasteiger partial charge in [-0.05, 0) is 30.7 Å². The van der Waals surface area contributed by atoms with Crippen molar-refractivity contribution in [1.82, 2.24) is 25.4 Å². The van der Waals surface area contributed by atoms with Crippen LogP contribution in [0.5, 0.6) is 0 Å². The number of hydrogen-bond acceptors (Lipinski definition) is 6. The van der Waals surface area contributed by atoms with Gasteiger partial charge in [-0.25, -0.2) is 4.98 Å². The maximum Gasteiger partial charge on any atom is 0.247 e. The van der Waals surface area contributed by atoms with Crippen LogP contribution in [0.1, 0.15) is 22.8 Å². The summed E-state index contributed by atoms with van der Waals surface area (Å²) in [5.74, 6) is 2.28. The third-order valence-corrected chi connectivity index (χ3v) is 4.64. The number of rotatable bonds is 6. The van der Waals surface area contributed by atoms with E-state index in [2.05, 4.69) is 25.4 Å². The van der Waals surface area contributed by atoms with Crippen LogP contribution in [0.25, 0.3) is 23.6 Å². The van der Waals surface area contributed by atoms with E-state index >= 15 is 0 Å². The van der Waals surface area contributed by atoms with Crippen LogP contribution < -0.4 is 0 Å². The van der Waals surface area contributed by atoms with Crippen LogP contribution in [0.2, 0.25) is 0 Å². The molecule has 0 radical (unpaired) electrons. The Balaban J connectivity index is 1.36. The molecule has 0 spiro atoms. The van der Waals surface area contributed by atoms with Crippen molar-refractivity contribution in [1.29, 1.82) is 0 Å². The van der Waals surface area contributed by atoms with E-state index in [4.69, 9.17) is 4.42 Å². The third-order valence-electron chi connectivity index (χ3n) is 3.81. The van der Waals surface area contributed by atoms with Crippen molar-refractivity contribution in [2.75, 3.05) is 0 Å². The molecule has 0 bridgehead atoms. The van der Waals surface area contributed by atoms with Gasteiger partial charge in [-0.15, -0.1) is 15.3 Å². The fourth-order valence-electron chi connectivity index (χ4n) is 2.39. The second-order valence-electron chi connectivity index (χ2n) is 5.90. The smallest absolute Gasteiger partial charge is 0.247 e. The Morgan fingerprint density at radius 3 is 2.63 bits per heavy atom. The number of benzene rings is 2. The quantitative estimate of drug-likeness (QED) is 0.495. The van der Waals surface area contributed by atoms with E-state index in [-0.39, 0.29) is 0 Å². The largest absolute Gasteiger partial charge is 0.420 e. The van der Waals surface area contributed by atoms with Crippen LogP contribution >= 0.6 is 11.8 Å². The third kappa shape index (κ3) is 4.51. The maximum absolute atomic E-state index is 5.72. The van der Waals surface area contributed by atoms with Crippen molar-refractivity contribution in [3.05, 3.63) is 77.4 Å². The van der Waals surface area contributed by atoms with E-state index in [9.17, 15) is 0 Å². The molecule has 7 heteroatoms. The number of aryl methyl sites for hydroxylation is 1. The Hall–Kier alpha value is -3.19. The van der Waals surface area contributed by atoms with Gasteiger partial charge in [0.05, 0.1) is 5.75 Å². The lowest BCUT2D eigenvalue weighted by molar-refractivity contribution is 0.528. The molecule has 6 nitrogen and oxygen atoms in total. The lowest BCUT2D eigenvalue weighted by atomic mass is 10.1. The number of aromatic nitrogens is 5. The van der Waals surface area contributed by atoms with Gasteiger partial charge in [0.1, 0.15) is 5.82 Å². The first-order valence-electron chi connectivity index (χ1n) is 8.44. The Morgan fingerprint density at radius 2 is 1.81 bits per heavy atom. The van der Waals surface area contributed by atoms with Crippen molar-refractivity contribution in [3.8, 4) is 11.5 Å². The molecule has 2 aromatic carbocycles. The van der Waals surface area contributed by atoms with Crippen molar-refractivity contribution in [2.24, 2.45) is 0 Å². The molecule has 134 valence electrons. The fraction of sp³-hybridized carbons (Fsp3) is 0.100. The number of nitrogens with one attached hydrogen (secondary N) is 1. The zero-order valence-electron chi connectivity index (χ0n) is 14.7. The molecule has 1 N–H and O–H groups in total. The van der Waals surface area contributed by atoms with Crippen molar-refractivity contribution in [3.63, 3.8) is 0 Å². The summed E-state index contributed by atoms with van der Waals surface area (Å²) in [5.41, 5.74) is 3.21. The van der Waals surface area contributed by atoms with E-state index in [1.165, 1.54) is 17.3 Å². The van der Waals surface area contributed by atoms with Gasteiger partial charge in [0.15, 0.2) is 0 Å². The van der Waals surface area contributed by atoms with Gasteiger partial charge >= 0.3 is 0 Å². The molecule has 0 aliphatic heterocycles. The average Bonchev–Trinajstić information content (AvgIpc) is 3.36. The molecule has 2 aromatic heterocycles. The number of H-pyrrole nitrogens is 1. The molecule has 0 amide bonds. The summed E-state index contributed by atoms with van der Waals surface area (Å²) in [6, 6.07) is 18.0. The highest BCUT2D eigenvalue weighted by Crippen LogP contribution is 2.22. The number of nitrogens with zero attached hydrogens (tertiary/aromatic N) is 4. The molecular weight excluding hydrogens is 358 g/mol. The Morgan fingerprint density at radius 1 is 1.00 bits per heavy atom. The molecule has 0 atom stereocenters. The monoisotopic (exact) mass is 375 g/mol. The topological polar surface area (TPSA) is 80.5 Å². The van der Waals surface area contributed by atoms with Crippen molar-refractivity contribution < 1.29 is 4.42 Å². The fourth-order valence-corrected chi connectivity index (χ4v) is 3.03. The van der Waals surface area contributed by atoms with Gasteiger partial charge in [0, 0.05) is 5.56 Å². The zero-order chi connectivity index (χ0) is 18.5. The van der Waals surface area contributed by atoms with E-state index in [0.717, 1.165) is 11.1 Å². The molecule has 0 unspecified atom stereocenters. The zero-order valence-corrected chi connectivity index (χ0v) is 15.5.